The smallest absolute Gasteiger partial charge is 0.313 e. The minimum absolute atomic E-state index is 0.204. The summed E-state index contributed by atoms with van der Waals surface area (Å²) in [4.78, 5) is 22.6. The molecule has 1 aromatic heterocycles. The summed E-state index contributed by atoms with van der Waals surface area (Å²) < 4.78 is 15.4. The van der Waals surface area contributed by atoms with Crippen LogP contribution in [0.4, 0.5) is 4.39 Å². The summed E-state index contributed by atoms with van der Waals surface area (Å²) in [5.41, 5.74) is 0.974. The Balaban J connectivity index is 2.08. The van der Waals surface area contributed by atoms with Crippen LogP contribution < -0.4 is 0 Å². The monoisotopic (exact) mass is 320 g/mol. The number of aliphatic carboxylic acids is 1. The van der Waals surface area contributed by atoms with Gasteiger partial charge >= 0.3 is 5.97 Å². The van der Waals surface area contributed by atoms with Crippen molar-refractivity contribution in [3.05, 3.63) is 53.6 Å². The van der Waals surface area contributed by atoms with Crippen LogP contribution in [0.3, 0.4) is 0 Å². The van der Waals surface area contributed by atoms with E-state index in [4.69, 9.17) is 5.11 Å². The van der Waals surface area contributed by atoms with E-state index in [1.807, 2.05) is 0 Å². The van der Waals surface area contributed by atoms with Gasteiger partial charge < -0.3 is 5.11 Å². The lowest BCUT2D eigenvalue weighted by molar-refractivity contribution is -0.133. The van der Waals surface area contributed by atoms with Gasteiger partial charge in [-0.1, -0.05) is 0 Å². The maximum absolute atomic E-state index is 13.8. The van der Waals surface area contributed by atoms with Gasteiger partial charge in [-0.3, -0.25) is 14.3 Å². The first kappa shape index (κ1) is 16.0. The predicted octanol–water partition coefficient (Wildman–Crippen LogP) is 2.63. The average molecular weight is 320 g/mol. The Morgan fingerprint density at radius 1 is 1.45 bits per heavy atom. The number of allylic oxidation sites excluding steroid dienone is 1. The number of hydrogen-bond donors (Lipinski definition) is 1. The summed E-state index contributed by atoms with van der Waals surface area (Å²) in [6, 6.07) is 4.00. The van der Waals surface area contributed by atoms with Crippen molar-refractivity contribution in [2.75, 3.05) is 5.75 Å². The first-order valence-electron chi connectivity index (χ1n) is 6.31. The Morgan fingerprint density at radius 2 is 2.23 bits per heavy atom. The molecule has 22 heavy (non-hydrogen) atoms. The van der Waals surface area contributed by atoms with Crippen molar-refractivity contribution in [2.24, 2.45) is 7.05 Å². The number of carbonyl (C=O) groups excluding carboxylic acids is 1. The highest BCUT2D eigenvalue weighted by atomic mass is 32.2. The molecule has 0 aliphatic rings. The number of thioether (sulfide) groups is 1. The molecule has 0 aliphatic carbocycles. The second kappa shape index (κ2) is 7.04. The molecule has 0 saturated carbocycles. The Bertz CT molecular complexity index is 740. The second-order valence-electron chi connectivity index (χ2n) is 4.47. The fourth-order valence-corrected chi connectivity index (χ4v) is 2.35. The lowest BCUT2D eigenvalue weighted by Gasteiger charge is -2.02. The number of rotatable bonds is 6. The SMILES string of the molecule is Cn1cc(C=CC(=O)c2ccc(SCC(=O)O)c(F)c2)cn1. The van der Waals surface area contributed by atoms with E-state index in [0.29, 0.717) is 0 Å². The van der Waals surface area contributed by atoms with Crippen LogP contribution >= 0.6 is 11.8 Å². The Morgan fingerprint density at radius 3 is 2.82 bits per heavy atom. The van der Waals surface area contributed by atoms with E-state index in [1.54, 1.807) is 30.2 Å². The Kier molecular flexibility index (Phi) is 5.11. The number of carboxylic acid groups (broad SMARTS) is 1. The van der Waals surface area contributed by atoms with Gasteiger partial charge in [-0.2, -0.15) is 5.10 Å². The third-order valence-electron chi connectivity index (χ3n) is 2.72. The minimum atomic E-state index is -1.02. The van der Waals surface area contributed by atoms with Crippen LogP contribution in [0.25, 0.3) is 6.08 Å². The van der Waals surface area contributed by atoms with E-state index >= 15 is 0 Å². The normalized spacial score (nSPS) is 11.0. The molecule has 1 heterocycles. The van der Waals surface area contributed by atoms with Crippen LogP contribution in [0.1, 0.15) is 15.9 Å². The molecule has 0 atom stereocenters. The highest BCUT2D eigenvalue weighted by Crippen LogP contribution is 2.23. The Labute approximate surface area is 130 Å². The van der Waals surface area contributed by atoms with Crippen LogP contribution in [0.15, 0.2) is 41.6 Å². The lowest BCUT2D eigenvalue weighted by atomic mass is 10.1. The molecule has 7 heteroatoms. The summed E-state index contributed by atoms with van der Waals surface area (Å²) in [6.07, 6.45) is 6.29. The fraction of sp³-hybridized carbons (Fsp3) is 0.133. The molecule has 5 nitrogen and oxygen atoms in total. The number of benzene rings is 1. The average Bonchev–Trinajstić information content (AvgIpc) is 2.89. The van der Waals surface area contributed by atoms with Gasteiger partial charge in [-0.15, -0.1) is 11.8 Å². The molecule has 0 spiro atoms. The molecule has 0 radical (unpaired) electrons. The van der Waals surface area contributed by atoms with Crippen molar-refractivity contribution >= 4 is 29.6 Å². The number of nitrogens with zero attached hydrogens (tertiary/aromatic N) is 2. The molecule has 1 N–H and O–H groups in total. The number of aromatic nitrogens is 2. The number of carboxylic acids is 1. The zero-order valence-electron chi connectivity index (χ0n) is 11.7. The number of halogens is 1. The molecule has 0 bridgehead atoms. The number of ketones is 1. The van der Waals surface area contributed by atoms with Crippen LogP contribution in [0.2, 0.25) is 0 Å². The Hall–Kier alpha value is -2.41. The van der Waals surface area contributed by atoms with Gasteiger partial charge in [-0.05, 0) is 30.4 Å². The molecule has 0 aliphatic heterocycles. The van der Waals surface area contributed by atoms with Gasteiger partial charge in [0, 0.05) is 29.3 Å². The highest BCUT2D eigenvalue weighted by Gasteiger charge is 2.09. The number of aryl methyl sites for hydroxylation is 1. The molecular formula is C15H13FN2O3S. The summed E-state index contributed by atoms with van der Waals surface area (Å²) in [6.45, 7) is 0. The standard InChI is InChI=1S/C15H13FN2O3S/c1-18-8-10(7-17-18)2-4-13(19)11-3-5-14(12(16)6-11)22-9-15(20)21/h2-8H,9H2,1H3,(H,20,21). The van der Waals surface area contributed by atoms with Crippen molar-refractivity contribution < 1.29 is 19.1 Å². The highest BCUT2D eigenvalue weighted by molar-refractivity contribution is 8.00. The fourth-order valence-electron chi connectivity index (χ4n) is 1.70. The van der Waals surface area contributed by atoms with E-state index in [-0.39, 0.29) is 22.0 Å². The zero-order valence-corrected chi connectivity index (χ0v) is 12.5. The molecule has 2 aromatic rings. The molecule has 2 rings (SSSR count). The molecule has 1 aromatic carbocycles. The van der Waals surface area contributed by atoms with Crippen LogP contribution in [-0.4, -0.2) is 32.4 Å². The number of hydrogen-bond acceptors (Lipinski definition) is 4. The van der Waals surface area contributed by atoms with E-state index in [2.05, 4.69) is 5.10 Å². The third kappa shape index (κ3) is 4.29. The maximum Gasteiger partial charge on any atom is 0.313 e. The first-order valence-corrected chi connectivity index (χ1v) is 7.29. The summed E-state index contributed by atoms with van der Waals surface area (Å²) in [5.74, 6) is -2.20. The van der Waals surface area contributed by atoms with Gasteiger partial charge in [0.25, 0.3) is 0 Å². The molecule has 0 amide bonds. The predicted molar refractivity (Wildman–Crippen MR) is 81.3 cm³/mol. The molecule has 114 valence electrons. The van der Waals surface area contributed by atoms with Gasteiger partial charge in [0.15, 0.2) is 5.78 Å². The quantitative estimate of drug-likeness (QED) is 0.503. The van der Waals surface area contributed by atoms with Gasteiger partial charge in [-0.25, -0.2) is 4.39 Å². The first-order chi connectivity index (χ1) is 10.5. The zero-order chi connectivity index (χ0) is 16.1. The van der Waals surface area contributed by atoms with Gasteiger partial charge in [0.1, 0.15) is 5.82 Å². The van der Waals surface area contributed by atoms with Crippen LogP contribution in [0, 0.1) is 5.82 Å². The van der Waals surface area contributed by atoms with Crippen LogP contribution in [-0.2, 0) is 11.8 Å². The van der Waals surface area contributed by atoms with Crippen molar-refractivity contribution in [2.45, 2.75) is 4.90 Å². The topological polar surface area (TPSA) is 72.2 Å². The third-order valence-corrected chi connectivity index (χ3v) is 3.75. The maximum atomic E-state index is 13.8. The number of carbonyl (C=O) groups is 2. The summed E-state index contributed by atoms with van der Waals surface area (Å²) in [7, 11) is 1.77. The van der Waals surface area contributed by atoms with Crippen molar-refractivity contribution in [1.29, 1.82) is 0 Å². The molecule has 0 unspecified atom stereocenters. The largest absolute Gasteiger partial charge is 0.481 e. The van der Waals surface area contributed by atoms with Gasteiger partial charge in [0.05, 0.1) is 11.9 Å². The summed E-state index contributed by atoms with van der Waals surface area (Å²) in [5, 5.41) is 12.5. The molecule has 0 saturated heterocycles. The van der Waals surface area contributed by atoms with Crippen molar-refractivity contribution in [1.82, 2.24) is 9.78 Å². The van der Waals surface area contributed by atoms with E-state index in [1.165, 1.54) is 18.2 Å². The minimum Gasteiger partial charge on any atom is -0.481 e. The van der Waals surface area contributed by atoms with Crippen molar-refractivity contribution in [3.63, 3.8) is 0 Å². The van der Waals surface area contributed by atoms with E-state index in [0.717, 1.165) is 23.4 Å². The van der Waals surface area contributed by atoms with E-state index < -0.39 is 11.8 Å². The van der Waals surface area contributed by atoms with Gasteiger partial charge in [0.2, 0.25) is 0 Å². The summed E-state index contributed by atoms with van der Waals surface area (Å²) >= 11 is 0.874. The van der Waals surface area contributed by atoms with E-state index in [9.17, 15) is 14.0 Å². The van der Waals surface area contributed by atoms with Crippen molar-refractivity contribution in [3.8, 4) is 0 Å². The van der Waals surface area contributed by atoms with Crippen LogP contribution in [0.5, 0.6) is 0 Å². The molecule has 0 fully saturated rings. The molecular weight excluding hydrogens is 307 g/mol. The lowest BCUT2D eigenvalue weighted by Crippen LogP contribution is -2.00. The second-order valence-corrected chi connectivity index (χ2v) is 5.49.